The highest BCUT2D eigenvalue weighted by Crippen LogP contribution is 2.23. The lowest BCUT2D eigenvalue weighted by Gasteiger charge is -2.19. The van der Waals surface area contributed by atoms with Crippen molar-refractivity contribution in [3.05, 3.63) is 0 Å². The van der Waals surface area contributed by atoms with Crippen molar-refractivity contribution in [3.8, 4) is 12.3 Å². The molecule has 0 amide bonds. The Bertz CT molecular complexity index is 141. The Balaban J connectivity index is 3.48. The van der Waals surface area contributed by atoms with Crippen molar-refractivity contribution in [2.45, 2.75) is 38.0 Å². The molecule has 0 aliphatic carbocycles. The summed E-state index contributed by atoms with van der Waals surface area (Å²) < 4.78 is 0.298. The highest BCUT2D eigenvalue weighted by atomic mass is 32.2. The first-order valence-corrected chi connectivity index (χ1v) is 4.77. The van der Waals surface area contributed by atoms with Gasteiger partial charge in [0, 0.05) is 23.0 Å². The first kappa shape index (κ1) is 10.9. The van der Waals surface area contributed by atoms with E-state index in [9.17, 15) is 0 Å². The Kier molecular flexibility index (Phi) is 4.63. The Morgan fingerprint density at radius 1 is 1.55 bits per heavy atom. The van der Waals surface area contributed by atoms with Crippen LogP contribution in [0.15, 0.2) is 0 Å². The predicted molar refractivity (Wildman–Crippen MR) is 53.6 cm³/mol. The second-order valence-corrected chi connectivity index (χ2v) is 5.44. The molecule has 1 atom stereocenters. The minimum absolute atomic E-state index is 0.157. The van der Waals surface area contributed by atoms with Crippen LogP contribution in [0.25, 0.3) is 0 Å². The van der Waals surface area contributed by atoms with E-state index in [0.717, 1.165) is 5.75 Å². The Morgan fingerprint density at radius 3 is 2.45 bits per heavy atom. The summed E-state index contributed by atoms with van der Waals surface area (Å²) in [5, 5.41) is 0. The van der Waals surface area contributed by atoms with Crippen LogP contribution in [0.3, 0.4) is 0 Å². The number of nitrogens with two attached hydrogens (primary N) is 1. The lowest BCUT2D eigenvalue weighted by Crippen LogP contribution is -2.24. The first-order valence-electron chi connectivity index (χ1n) is 3.78. The molecule has 0 rings (SSSR count). The van der Waals surface area contributed by atoms with Crippen LogP contribution in [0.2, 0.25) is 0 Å². The van der Waals surface area contributed by atoms with Crippen LogP contribution in [0, 0.1) is 12.3 Å². The Hall–Kier alpha value is -0.130. The maximum absolute atomic E-state index is 5.73. The third kappa shape index (κ3) is 7.77. The van der Waals surface area contributed by atoms with Crippen molar-refractivity contribution in [2.24, 2.45) is 5.73 Å². The molecule has 0 aliphatic rings. The van der Waals surface area contributed by atoms with E-state index in [4.69, 9.17) is 12.2 Å². The van der Waals surface area contributed by atoms with Gasteiger partial charge < -0.3 is 5.73 Å². The van der Waals surface area contributed by atoms with E-state index in [-0.39, 0.29) is 6.04 Å². The van der Waals surface area contributed by atoms with Gasteiger partial charge in [-0.05, 0) is 0 Å². The molecule has 0 aromatic heterocycles. The fraction of sp³-hybridized carbons (Fsp3) is 0.778. The van der Waals surface area contributed by atoms with E-state index in [0.29, 0.717) is 11.2 Å². The summed E-state index contributed by atoms with van der Waals surface area (Å²) in [5.74, 6) is 3.52. The van der Waals surface area contributed by atoms with Gasteiger partial charge in [0.1, 0.15) is 0 Å². The highest BCUT2D eigenvalue weighted by Gasteiger charge is 2.12. The van der Waals surface area contributed by atoms with Crippen LogP contribution in [-0.4, -0.2) is 16.5 Å². The van der Waals surface area contributed by atoms with Gasteiger partial charge in [-0.1, -0.05) is 20.8 Å². The normalized spacial score (nSPS) is 14.1. The van der Waals surface area contributed by atoms with Gasteiger partial charge in [0.25, 0.3) is 0 Å². The van der Waals surface area contributed by atoms with Crippen LogP contribution in [0.4, 0.5) is 0 Å². The molecule has 1 nitrogen and oxygen atoms in total. The molecule has 0 heterocycles. The molecule has 0 bridgehead atoms. The summed E-state index contributed by atoms with van der Waals surface area (Å²) in [5.41, 5.74) is 5.73. The second kappa shape index (κ2) is 4.69. The maximum Gasteiger partial charge on any atom is 0.0246 e. The number of terminal acetylenes is 1. The minimum Gasteiger partial charge on any atom is -0.326 e. The zero-order valence-corrected chi connectivity index (χ0v) is 8.37. The van der Waals surface area contributed by atoms with Crippen molar-refractivity contribution in [1.29, 1.82) is 0 Å². The van der Waals surface area contributed by atoms with Gasteiger partial charge in [-0.2, -0.15) is 11.8 Å². The molecule has 0 radical (unpaired) electrons. The van der Waals surface area contributed by atoms with Crippen LogP contribution in [0.5, 0.6) is 0 Å². The van der Waals surface area contributed by atoms with E-state index >= 15 is 0 Å². The molecule has 1 unspecified atom stereocenters. The summed E-state index contributed by atoms with van der Waals surface area (Å²) >= 11 is 1.86. The standard InChI is InChI=1S/C9H17NS/c1-5-6-8(10)7-11-9(2,3)4/h1,8H,6-7,10H2,2-4H3. The Morgan fingerprint density at radius 2 is 2.09 bits per heavy atom. The summed E-state index contributed by atoms with van der Waals surface area (Å²) in [6.07, 6.45) is 5.81. The van der Waals surface area contributed by atoms with Crippen LogP contribution < -0.4 is 5.73 Å². The first-order chi connectivity index (χ1) is 4.95. The molecule has 0 saturated heterocycles. The van der Waals surface area contributed by atoms with Crippen LogP contribution >= 0.6 is 11.8 Å². The van der Waals surface area contributed by atoms with Gasteiger partial charge in [-0.15, -0.1) is 12.3 Å². The molecule has 64 valence electrons. The molecular weight excluding hydrogens is 154 g/mol. The summed E-state index contributed by atoms with van der Waals surface area (Å²) in [4.78, 5) is 0. The minimum atomic E-state index is 0.157. The highest BCUT2D eigenvalue weighted by molar-refractivity contribution is 8.00. The largest absolute Gasteiger partial charge is 0.326 e. The topological polar surface area (TPSA) is 26.0 Å². The van der Waals surface area contributed by atoms with E-state index < -0.39 is 0 Å². The summed E-state index contributed by atoms with van der Waals surface area (Å²) in [6.45, 7) is 6.54. The second-order valence-electron chi connectivity index (χ2n) is 3.59. The van der Waals surface area contributed by atoms with E-state index in [1.54, 1.807) is 0 Å². The van der Waals surface area contributed by atoms with Crippen molar-refractivity contribution in [3.63, 3.8) is 0 Å². The molecule has 0 aromatic rings. The fourth-order valence-electron chi connectivity index (χ4n) is 0.567. The van der Waals surface area contributed by atoms with Gasteiger partial charge in [0.2, 0.25) is 0 Å². The van der Waals surface area contributed by atoms with Gasteiger partial charge >= 0.3 is 0 Å². The predicted octanol–water partition coefficient (Wildman–Crippen LogP) is 1.87. The zero-order valence-electron chi connectivity index (χ0n) is 7.55. The molecule has 0 aliphatic heterocycles. The van der Waals surface area contributed by atoms with Gasteiger partial charge in [0.15, 0.2) is 0 Å². The van der Waals surface area contributed by atoms with E-state index in [1.165, 1.54) is 0 Å². The zero-order chi connectivity index (χ0) is 8.91. The molecule has 11 heavy (non-hydrogen) atoms. The monoisotopic (exact) mass is 171 g/mol. The van der Waals surface area contributed by atoms with Gasteiger partial charge in [-0.25, -0.2) is 0 Å². The molecular formula is C9H17NS. The molecule has 0 aromatic carbocycles. The van der Waals surface area contributed by atoms with Crippen LogP contribution in [-0.2, 0) is 0 Å². The van der Waals surface area contributed by atoms with Gasteiger partial charge in [-0.3, -0.25) is 0 Å². The van der Waals surface area contributed by atoms with Gasteiger partial charge in [0.05, 0.1) is 0 Å². The number of hydrogen-bond acceptors (Lipinski definition) is 2. The smallest absolute Gasteiger partial charge is 0.0246 e. The quantitative estimate of drug-likeness (QED) is 0.656. The summed E-state index contributed by atoms with van der Waals surface area (Å²) in [7, 11) is 0. The van der Waals surface area contributed by atoms with E-state index in [1.807, 2.05) is 11.8 Å². The molecule has 0 saturated carbocycles. The molecule has 2 N–H and O–H groups in total. The van der Waals surface area contributed by atoms with Crippen molar-refractivity contribution in [1.82, 2.24) is 0 Å². The third-order valence-corrected chi connectivity index (χ3v) is 2.57. The number of thioether (sulfide) groups is 1. The third-order valence-electron chi connectivity index (χ3n) is 1.11. The Labute approximate surface area is 74.1 Å². The molecule has 2 heteroatoms. The maximum atomic E-state index is 5.73. The SMILES string of the molecule is C#CCC(N)CSC(C)(C)C. The van der Waals surface area contributed by atoms with E-state index in [2.05, 4.69) is 26.7 Å². The van der Waals surface area contributed by atoms with Crippen molar-refractivity contribution in [2.75, 3.05) is 5.75 Å². The van der Waals surface area contributed by atoms with Crippen molar-refractivity contribution >= 4 is 11.8 Å². The summed E-state index contributed by atoms with van der Waals surface area (Å²) in [6, 6.07) is 0.157. The number of rotatable bonds is 3. The van der Waals surface area contributed by atoms with Crippen molar-refractivity contribution < 1.29 is 0 Å². The average molecular weight is 171 g/mol. The van der Waals surface area contributed by atoms with Crippen LogP contribution in [0.1, 0.15) is 27.2 Å². The average Bonchev–Trinajstić information content (AvgIpc) is 1.83. The fourth-order valence-corrected chi connectivity index (χ4v) is 1.40. The molecule has 0 spiro atoms. The lowest BCUT2D eigenvalue weighted by atomic mass is 10.2. The number of hydrogen-bond donors (Lipinski definition) is 1. The lowest BCUT2D eigenvalue weighted by molar-refractivity contribution is 0.758. The molecule has 0 fully saturated rings.